The highest BCUT2D eigenvalue weighted by Gasteiger charge is 2.20. The maximum absolute atomic E-state index is 5.63. The fourth-order valence-corrected chi connectivity index (χ4v) is 4.23. The molecule has 5 aromatic rings. The molecule has 0 aliphatic heterocycles. The number of aryl methyl sites for hydroxylation is 1. The van der Waals surface area contributed by atoms with Gasteiger partial charge in [-0.15, -0.1) is 0 Å². The first-order valence-electron chi connectivity index (χ1n) is 10.9. The average Bonchev–Trinajstić information content (AvgIpc) is 3.20. The van der Waals surface area contributed by atoms with E-state index < -0.39 is 0 Å². The Kier molecular flexibility index (Phi) is 5.34. The van der Waals surface area contributed by atoms with E-state index in [1.807, 2.05) is 85.3 Å². The molecular weight excluding hydrogens is 414 g/mol. The molecule has 0 bridgehead atoms. The largest absolute Gasteiger partial charge is 0.494 e. The van der Waals surface area contributed by atoms with Gasteiger partial charge >= 0.3 is 0 Å². The Morgan fingerprint density at radius 2 is 1.52 bits per heavy atom. The van der Waals surface area contributed by atoms with E-state index in [9.17, 15) is 0 Å². The molecule has 33 heavy (non-hydrogen) atoms. The predicted octanol–water partition coefficient (Wildman–Crippen LogP) is 5.97. The number of methoxy groups -OCH3 is 2. The Bertz CT molecular complexity index is 1440. The van der Waals surface area contributed by atoms with Crippen LogP contribution in [0.4, 0.5) is 0 Å². The number of para-hydroxylation sites is 1. The number of aromatic nitrogens is 3. The SMILES string of the molecule is CCOc1ccc(-c2nc3c(c(C)nn3-c3ccccc3)c3cc(OC)c(OC)cc23)cc1. The monoisotopic (exact) mass is 439 g/mol. The lowest BCUT2D eigenvalue weighted by atomic mass is 10.00. The molecule has 0 fully saturated rings. The summed E-state index contributed by atoms with van der Waals surface area (Å²) in [4.78, 5) is 5.14. The lowest BCUT2D eigenvalue weighted by Crippen LogP contribution is -1.99. The van der Waals surface area contributed by atoms with Crippen LogP contribution in [-0.2, 0) is 0 Å². The zero-order valence-electron chi connectivity index (χ0n) is 19.1. The number of pyridine rings is 1. The van der Waals surface area contributed by atoms with E-state index in [0.717, 1.165) is 50.2 Å². The van der Waals surface area contributed by atoms with E-state index in [1.165, 1.54) is 0 Å². The third-order valence-corrected chi connectivity index (χ3v) is 5.74. The maximum atomic E-state index is 5.63. The predicted molar refractivity (Wildman–Crippen MR) is 131 cm³/mol. The third-order valence-electron chi connectivity index (χ3n) is 5.74. The Balaban J connectivity index is 1.87. The van der Waals surface area contributed by atoms with E-state index in [1.54, 1.807) is 14.2 Å². The molecule has 0 aliphatic carbocycles. The lowest BCUT2D eigenvalue weighted by molar-refractivity contribution is 0.340. The number of rotatable bonds is 6. The van der Waals surface area contributed by atoms with Crippen molar-refractivity contribution in [2.24, 2.45) is 0 Å². The van der Waals surface area contributed by atoms with Gasteiger partial charge in [-0.2, -0.15) is 5.10 Å². The van der Waals surface area contributed by atoms with Gasteiger partial charge in [0.15, 0.2) is 17.1 Å². The Morgan fingerprint density at radius 3 is 2.15 bits per heavy atom. The molecule has 0 unspecified atom stereocenters. The van der Waals surface area contributed by atoms with Crippen LogP contribution in [0.25, 0.3) is 38.8 Å². The molecule has 166 valence electrons. The van der Waals surface area contributed by atoms with Gasteiger partial charge in [0, 0.05) is 16.3 Å². The van der Waals surface area contributed by atoms with Crippen LogP contribution in [0, 0.1) is 6.92 Å². The highest BCUT2D eigenvalue weighted by atomic mass is 16.5. The molecule has 0 saturated carbocycles. The molecule has 0 aliphatic rings. The summed E-state index contributed by atoms with van der Waals surface area (Å²) in [7, 11) is 3.29. The van der Waals surface area contributed by atoms with Crippen LogP contribution in [0.2, 0.25) is 0 Å². The van der Waals surface area contributed by atoms with E-state index in [-0.39, 0.29) is 0 Å². The number of benzene rings is 3. The Morgan fingerprint density at radius 1 is 0.848 bits per heavy atom. The number of ether oxygens (including phenoxy) is 3. The van der Waals surface area contributed by atoms with Crippen LogP contribution in [0.1, 0.15) is 12.6 Å². The Labute approximate surface area is 192 Å². The highest BCUT2D eigenvalue weighted by molar-refractivity contribution is 6.12. The average molecular weight is 440 g/mol. The number of hydrogen-bond donors (Lipinski definition) is 0. The van der Waals surface area contributed by atoms with E-state index in [2.05, 4.69) is 0 Å². The van der Waals surface area contributed by atoms with Gasteiger partial charge < -0.3 is 14.2 Å². The molecule has 6 heteroatoms. The van der Waals surface area contributed by atoms with Gasteiger partial charge in [-0.25, -0.2) is 9.67 Å². The van der Waals surface area contributed by atoms with E-state index in [0.29, 0.717) is 18.1 Å². The summed E-state index contributed by atoms with van der Waals surface area (Å²) in [6.45, 7) is 4.61. The van der Waals surface area contributed by atoms with Gasteiger partial charge in [0.1, 0.15) is 5.75 Å². The van der Waals surface area contributed by atoms with Crippen molar-refractivity contribution in [3.63, 3.8) is 0 Å². The first-order chi connectivity index (χ1) is 16.1. The maximum Gasteiger partial charge on any atom is 0.164 e. The van der Waals surface area contributed by atoms with Crippen molar-refractivity contribution in [2.45, 2.75) is 13.8 Å². The third kappa shape index (κ3) is 3.53. The number of hydrogen-bond acceptors (Lipinski definition) is 5. The molecule has 3 aromatic carbocycles. The standard InChI is InChI=1S/C27H25N3O3/c1-5-33-20-13-11-18(12-14-20)26-22-16-24(32-4)23(31-3)15-21(22)25-17(2)29-30(27(25)28-26)19-9-7-6-8-10-19/h6-16H,5H2,1-4H3. The van der Waals surface area contributed by atoms with Crippen molar-refractivity contribution in [1.82, 2.24) is 14.8 Å². The van der Waals surface area contributed by atoms with E-state index >= 15 is 0 Å². The second-order valence-electron chi connectivity index (χ2n) is 7.70. The molecule has 0 spiro atoms. The minimum absolute atomic E-state index is 0.624. The van der Waals surface area contributed by atoms with Crippen molar-refractivity contribution in [3.8, 4) is 34.2 Å². The highest BCUT2D eigenvalue weighted by Crippen LogP contribution is 2.41. The molecule has 2 aromatic heterocycles. The summed E-state index contributed by atoms with van der Waals surface area (Å²) >= 11 is 0. The molecule has 0 atom stereocenters. The Hall–Kier alpha value is -4.06. The van der Waals surface area contributed by atoms with Crippen LogP contribution >= 0.6 is 0 Å². The van der Waals surface area contributed by atoms with Crippen molar-refractivity contribution >= 4 is 21.8 Å². The molecule has 0 saturated heterocycles. The minimum atomic E-state index is 0.624. The van der Waals surface area contributed by atoms with E-state index in [4.69, 9.17) is 24.3 Å². The van der Waals surface area contributed by atoms with Gasteiger partial charge in [-0.1, -0.05) is 18.2 Å². The van der Waals surface area contributed by atoms with Crippen LogP contribution in [0.15, 0.2) is 66.7 Å². The van der Waals surface area contributed by atoms with Gasteiger partial charge in [0.05, 0.1) is 43.3 Å². The minimum Gasteiger partial charge on any atom is -0.494 e. The van der Waals surface area contributed by atoms with Crippen molar-refractivity contribution < 1.29 is 14.2 Å². The second kappa shape index (κ2) is 8.47. The van der Waals surface area contributed by atoms with Crippen molar-refractivity contribution in [2.75, 3.05) is 20.8 Å². The topological polar surface area (TPSA) is 58.4 Å². The van der Waals surface area contributed by atoms with Crippen LogP contribution in [-0.4, -0.2) is 35.6 Å². The zero-order chi connectivity index (χ0) is 22.9. The van der Waals surface area contributed by atoms with Crippen LogP contribution in [0.3, 0.4) is 0 Å². The van der Waals surface area contributed by atoms with Gasteiger partial charge in [0.25, 0.3) is 0 Å². The van der Waals surface area contributed by atoms with Gasteiger partial charge in [0.2, 0.25) is 0 Å². The molecule has 5 rings (SSSR count). The van der Waals surface area contributed by atoms with Crippen LogP contribution < -0.4 is 14.2 Å². The molecular formula is C27H25N3O3. The summed E-state index contributed by atoms with van der Waals surface area (Å²) in [5.41, 5.74) is 4.48. The molecule has 6 nitrogen and oxygen atoms in total. The first kappa shape index (κ1) is 20.8. The number of fused-ring (bicyclic) bond motifs is 3. The zero-order valence-corrected chi connectivity index (χ0v) is 19.1. The first-order valence-corrected chi connectivity index (χ1v) is 10.9. The smallest absolute Gasteiger partial charge is 0.164 e. The fraction of sp³-hybridized carbons (Fsp3) is 0.185. The quantitative estimate of drug-likeness (QED) is 0.326. The van der Waals surface area contributed by atoms with Crippen LogP contribution in [0.5, 0.6) is 17.2 Å². The van der Waals surface area contributed by atoms with Gasteiger partial charge in [-0.05, 0) is 62.4 Å². The lowest BCUT2D eigenvalue weighted by Gasteiger charge is -2.14. The second-order valence-corrected chi connectivity index (χ2v) is 7.70. The summed E-state index contributed by atoms with van der Waals surface area (Å²) in [6, 6.07) is 22.1. The van der Waals surface area contributed by atoms with Crippen molar-refractivity contribution in [3.05, 3.63) is 72.4 Å². The molecule has 0 N–H and O–H groups in total. The van der Waals surface area contributed by atoms with Gasteiger partial charge in [-0.3, -0.25) is 0 Å². The molecule has 2 heterocycles. The summed E-state index contributed by atoms with van der Waals surface area (Å²) in [5.74, 6) is 2.16. The summed E-state index contributed by atoms with van der Waals surface area (Å²) < 4.78 is 18.8. The molecule has 0 amide bonds. The normalized spacial score (nSPS) is 11.2. The number of nitrogens with zero attached hydrogens (tertiary/aromatic N) is 3. The molecule has 0 radical (unpaired) electrons. The fourth-order valence-electron chi connectivity index (χ4n) is 4.23. The van der Waals surface area contributed by atoms with Crippen molar-refractivity contribution in [1.29, 1.82) is 0 Å². The summed E-state index contributed by atoms with van der Waals surface area (Å²) in [6.07, 6.45) is 0. The summed E-state index contributed by atoms with van der Waals surface area (Å²) in [5, 5.41) is 7.82.